The van der Waals surface area contributed by atoms with E-state index in [2.05, 4.69) is 10.0 Å². The van der Waals surface area contributed by atoms with Crippen LogP contribution in [0.2, 0.25) is 0 Å². The Morgan fingerprint density at radius 1 is 0.897 bits per heavy atom. The van der Waals surface area contributed by atoms with Gasteiger partial charge in [-0.3, -0.25) is 14.3 Å². The van der Waals surface area contributed by atoms with Gasteiger partial charge in [-0.15, -0.1) is 0 Å². The second kappa shape index (κ2) is 12.3. The third-order valence-electron chi connectivity index (χ3n) is 6.01. The smallest absolute Gasteiger partial charge is 0.404 e. The minimum Gasteiger partial charge on any atom is -0.455 e. The number of ether oxygens (including phenoxy) is 2. The van der Waals surface area contributed by atoms with Gasteiger partial charge in [-0.05, 0) is 48.5 Å². The number of piperidine rings is 1. The molecule has 1 saturated heterocycles. The van der Waals surface area contributed by atoms with Crippen molar-refractivity contribution in [2.75, 3.05) is 24.4 Å². The van der Waals surface area contributed by atoms with E-state index in [4.69, 9.17) is 15.2 Å². The fourth-order valence-electron chi connectivity index (χ4n) is 4.00. The molecular weight excluding hydrogens is 524 g/mol. The summed E-state index contributed by atoms with van der Waals surface area (Å²) in [5.41, 5.74) is 5.48. The van der Waals surface area contributed by atoms with Gasteiger partial charge in [0.1, 0.15) is 11.9 Å². The number of rotatable bonds is 9. The Morgan fingerprint density at radius 3 is 2.21 bits per heavy atom. The zero-order valence-corrected chi connectivity index (χ0v) is 21.7. The molecule has 3 amide bonds. The maximum absolute atomic E-state index is 13.0. The van der Waals surface area contributed by atoms with Crippen LogP contribution in [0.1, 0.15) is 23.2 Å². The van der Waals surface area contributed by atoms with Crippen LogP contribution in [0.25, 0.3) is 0 Å². The molecule has 0 bridgehead atoms. The number of benzene rings is 3. The summed E-state index contributed by atoms with van der Waals surface area (Å²) in [6.45, 7) is 0.539. The van der Waals surface area contributed by atoms with E-state index in [-0.39, 0.29) is 34.7 Å². The number of nitrogens with one attached hydrogen (secondary N) is 2. The number of nitrogens with two attached hydrogens (primary N) is 1. The number of carbonyl (C=O) groups is 3. The van der Waals surface area contributed by atoms with Crippen LogP contribution in [0, 0.1) is 0 Å². The van der Waals surface area contributed by atoms with Crippen LogP contribution in [0.15, 0.2) is 83.8 Å². The van der Waals surface area contributed by atoms with Gasteiger partial charge in [-0.1, -0.05) is 30.3 Å². The first kappa shape index (κ1) is 27.5. The number of likely N-dealkylation sites (tertiary alicyclic amines) is 1. The van der Waals surface area contributed by atoms with Gasteiger partial charge in [0.15, 0.2) is 5.75 Å². The van der Waals surface area contributed by atoms with Crippen molar-refractivity contribution in [1.82, 2.24) is 10.2 Å². The Bertz CT molecular complexity index is 1420. The van der Waals surface area contributed by atoms with Gasteiger partial charge in [0.05, 0.1) is 17.1 Å². The minimum atomic E-state index is -3.98. The lowest BCUT2D eigenvalue weighted by Crippen LogP contribution is -2.46. The summed E-state index contributed by atoms with van der Waals surface area (Å²) in [5.74, 6) is 0.0895. The molecule has 1 aliphatic heterocycles. The van der Waals surface area contributed by atoms with E-state index in [1.54, 1.807) is 41.3 Å². The highest BCUT2D eigenvalue weighted by Crippen LogP contribution is 2.31. The van der Waals surface area contributed by atoms with E-state index in [1.807, 2.05) is 18.2 Å². The quantitative estimate of drug-likeness (QED) is 0.368. The van der Waals surface area contributed by atoms with Crippen LogP contribution >= 0.6 is 0 Å². The Labute approximate surface area is 225 Å². The number of para-hydroxylation sites is 3. The van der Waals surface area contributed by atoms with Crippen LogP contribution in [-0.4, -0.2) is 57.0 Å². The molecule has 1 heterocycles. The normalized spacial score (nSPS) is 13.8. The molecule has 3 aromatic rings. The lowest BCUT2D eigenvalue weighted by atomic mass is 10.1. The zero-order chi connectivity index (χ0) is 27.8. The molecule has 0 spiro atoms. The highest BCUT2D eigenvalue weighted by molar-refractivity contribution is 7.92. The maximum atomic E-state index is 13.0. The highest BCUT2D eigenvalue weighted by atomic mass is 32.2. The van der Waals surface area contributed by atoms with Crippen molar-refractivity contribution in [2.45, 2.75) is 23.8 Å². The average molecular weight is 553 g/mol. The summed E-state index contributed by atoms with van der Waals surface area (Å²) in [7, 11) is -3.98. The van der Waals surface area contributed by atoms with Gasteiger partial charge in [-0.2, -0.15) is 0 Å². The van der Waals surface area contributed by atoms with Crippen LogP contribution in [0.4, 0.5) is 10.5 Å². The van der Waals surface area contributed by atoms with Gasteiger partial charge in [0, 0.05) is 31.5 Å². The van der Waals surface area contributed by atoms with E-state index >= 15 is 0 Å². The lowest BCUT2D eigenvalue weighted by molar-refractivity contribution is -0.132. The maximum Gasteiger partial charge on any atom is 0.404 e. The molecule has 0 atom stereocenters. The van der Waals surface area contributed by atoms with Crippen molar-refractivity contribution in [1.29, 1.82) is 0 Å². The summed E-state index contributed by atoms with van der Waals surface area (Å²) < 4.78 is 39.3. The Hall–Kier alpha value is -4.58. The fourth-order valence-corrected chi connectivity index (χ4v) is 5.07. The van der Waals surface area contributed by atoms with Crippen LogP contribution in [0.3, 0.4) is 0 Å². The number of sulfonamides is 1. The monoisotopic (exact) mass is 552 g/mol. The number of amides is 3. The van der Waals surface area contributed by atoms with E-state index in [1.165, 1.54) is 24.3 Å². The second-order valence-corrected chi connectivity index (χ2v) is 10.4. The van der Waals surface area contributed by atoms with Gasteiger partial charge < -0.3 is 25.4 Å². The third-order valence-corrected chi connectivity index (χ3v) is 7.39. The number of hydrogen-bond donors (Lipinski definition) is 3. The first-order chi connectivity index (χ1) is 18.7. The zero-order valence-electron chi connectivity index (χ0n) is 20.9. The summed E-state index contributed by atoms with van der Waals surface area (Å²) in [6.07, 6.45) is -0.232. The fraction of sp³-hybridized carbons (Fsp3) is 0.222. The number of anilines is 1. The van der Waals surface area contributed by atoms with E-state index in [0.29, 0.717) is 37.4 Å². The van der Waals surface area contributed by atoms with Crippen molar-refractivity contribution in [2.24, 2.45) is 5.73 Å². The molecule has 11 nitrogen and oxygen atoms in total. The van der Waals surface area contributed by atoms with Crippen molar-refractivity contribution < 1.29 is 32.3 Å². The first-order valence-corrected chi connectivity index (χ1v) is 13.7. The molecule has 0 aromatic heterocycles. The number of carbonyl (C=O) groups excluding carboxylic acids is 3. The molecule has 12 heteroatoms. The molecule has 4 N–H and O–H groups in total. The van der Waals surface area contributed by atoms with Crippen LogP contribution < -0.4 is 20.5 Å². The highest BCUT2D eigenvalue weighted by Gasteiger charge is 2.25. The molecule has 0 saturated carbocycles. The van der Waals surface area contributed by atoms with E-state index in [9.17, 15) is 22.8 Å². The number of primary amides is 1. The van der Waals surface area contributed by atoms with E-state index < -0.39 is 22.0 Å². The molecule has 39 heavy (non-hydrogen) atoms. The first-order valence-electron chi connectivity index (χ1n) is 12.2. The molecule has 0 unspecified atom stereocenters. The Morgan fingerprint density at radius 2 is 1.54 bits per heavy atom. The molecule has 204 valence electrons. The number of hydrogen-bond acceptors (Lipinski definition) is 7. The van der Waals surface area contributed by atoms with Crippen molar-refractivity contribution in [3.8, 4) is 11.5 Å². The van der Waals surface area contributed by atoms with Gasteiger partial charge in [-0.25, -0.2) is 13.2 Å². The summed E-state index contributed by atoms with van der Waals surface area (Å²) in [4.78, 5) is 37.4. The minimum absolute atomic E-state index is 0.0503. The topological polar surface area (TPSA) is 157 Å². The predicted octanol–water partition coefficient (Wildman–Crippen LogP) is 3.10. The van der Waals surface area contributed by atoms with Crippen molar-refractivity contribution in [3.63, 3.8) is 0 Å². The standard InChI is InChI=1S/C27H28N4O7S/c28-27(34)38-21-14-16-31(17-15-21)25(32)18-29-26(33)19-10-12-22(13-11-19)39(35,36)30-23-8-4-5-9-24(23)37-20-6-2-1-3-7-20/h1-13,21,30H,14-18H2,(H2,28,34)(H,29,33). The molecule has 0 radical (unpaired) electrons. The molecule has 1 aliphatic rings. The largest absolute Gasteiger partial charge is 0.455 e. The van der Waals surface area contributed by atoms with Gasteiger partial charge >= 0.3 is 6.09 Å². The van der Waals surface area contributed by atoms with E-state index in [0.717, 1.165) is 0 Å². The van der Waals surface area contributed by atoms with Crippen LogP contribution in [-0.2, 0) is 19.6 Å². The molecule has 0 aliphatic carbocycles. The molecule has 4 rings (SSSR count). The summed E-state index contributed by atoms with van der Waals surface area (Å²) in [5, 5.41) is 2.55. The second-order valence-electron chi connectivity index (χ2n) is 8.74. The predicted molar refractivity (Wildman–Crippen MR) is 143 cm³/mol. The SMILES string of the molecule is NC(=O)OC1CCN(C(=O)CNC(=O)c2ccc(S(=O)(=O)Nc3ccccc3Oc3ccccc3)cc2)CC1. The van der Waals surface area contributed by atoms with Crippen LogP contribution in [0.5, 0.6) is 11.5 Å². The van der Waals surface area contributed by atoms with Gasteiger partial charge in [0.2, 0.25) is 5.91 Å². The molecule has 3 aromatic carbocycles. The Kier molecular flexibility index (Phi) is 8.67. The lowest BCUT2D eigenvalue weighted by Gasteiger charge is -2.31. The summed E-state index contributed by atoms with van der Waals surface area (Å²) in [6, 6.07) is 21.0. The third kappa shape index (κ3) is 7.48. The van der Waals surface area contributed by atoms with Crippen molar-refractivity contribution >= 4 is 33.6 Å². The number of nitrogens with zero attached hydrogens (tertiary/aromatic N) is 1. The molecule has 1 fully saturated rings. The summed E-state index contributed by atoms with van der Waals surface area (Å²) >= 11 is 0. The van der Waals surface area contributed by atoms with Gasteiger partial charge in [0.25, 0.3) is 15.9 Å². The van der Waals surface area contributed by atoms with Crippen molar-refractivity contribution in [3.05, 3.63) is 84.4 Å². The molecular formula is C27H28N4O7S. The Balaban J connectivity index is 1.33. The average Bonchev–Trinajstić information content (AvgIpc) is 2.93.